The Hall–Kier alpha value is -1.07. The summed E-state index contributed by atoms with van der Waals surface area (Å²) >= 11 is 3.27. The number of aliphatic hydroxyl groups is 1. The fourth-order valence-corrected chi connectivity index (χ4v) is 1.72. The van der Waals surface area contributed by atoms with Crippen molar-refractivity contribution in [3.05, 3.63) is 28.2 Å². The lowest BCUT2D eigenvalue weighted by Gasteiger charge is -2.14. The average Bonchev–Trinajstić information content (AvgIpc) is 3.02. The van der Waals surface area contributed by atoms with E-state index in [4.69, 9.17) is 10.8 Å². The van der Waals surface area contributed by atoms with Crippen LogP contribution in [-0.4, -0.2) is 23.2 Å². The van der Waals surface area contributed by atoms with Crippen molar-refractivity contribution in [2.45, 2.75) is 18.4 Å². The Labute approximate surface area is 102 Å². The largest absolute Gasteiger partial charge is 0.398 e. The van der Waals surface area contributed by atoms with Crippen molar-refractivity contribution < 1.29 is 9.90 Å². The molecular formula is C11H13BrN2O2. The van der Waals surface area contributed by atoms with Crippen LogP contribution in [-0.2, 0) is 0 Å². The second-order valence-corrected chi connectivity index (χ2v) is 4.98. The van der Waals surface area contributed by atoms with Gasteiger partial charge in [0.25, 0.3) is 5.91 Å². The molecule has 0 spiro atoms. The molecule has 1 amide bonds. The Morgan fingerprint density at radius 2 is 2.25 bits per heavy atom. The summed E-state index contributed by atoms with van der Waals surface area (Å²) in [6.07, 6.45) is 1.67. The van der Waals surface area contributed by atoms with Gasteiger partial charge < -0.3 is 16.2 Å². The zero-order valence-corrected chi connectivity index (χ0v) is 10.3. The monoisotopic (exact) mass is 284 g/mol. The van der Waals surface area contributed by atoms with Crippen molar-refractivity contribution in [1.82, 2.24) is 5.32 Å². The number of hydrogen-bond acceptors (Lipinski definition) is 3. The van der Waals surface area contributed by atoms with Gasteiger partial charge in [-0.3, -0.25) is 4.79 Å². The second-order valence-electron chi connectivity index (χ2n) is 4.13. The van der Waals surface area contributed by atoms with Gasteiger partial charge in [-0.25, -0.2) is 0 Å². The number of nitrogens with one attached hydrogen (secondary N) is 1. The molecule has 2 rings (SSSR count). The van der Waals surface area contributed by atoms with Crippen molar-refractivity contribution in [2.24, 2.45) is 0 Å². The summed E-state index contributed by atoms with van der Waals surface area (Å²) in [4.78, 5) is 11.8. The molecule has 0 aromatic heterocycles. The van der Waals surface area contributed by atoms with E-state index in [1.54, 1.807) is 18.2 Å². The number of amides is 1. The van der Waals surface area contributed by atoms with E-state index in [1.807, 2.05) is 0 Å². The van der Waals surface area contributed by atoms with Crippen molar-refractivity contribution in [3.8, 4) is 0 Å². The van der Waals surface area contributed by atoms with E-state index in [9.17, 15) is 4.79 Å². The number of carbonyl (C=O) groups is 1. The predicted octanol–water partition coefficient (Wildman–Crippen LogP) is 1.29. The molecule has 0 aliphatic heterocycles. The van der Waals surface area contributed by atoms with Crippen molar-refractivity contribution >= 4 is 27.5 Å². The minimum atomic E-state index is -0.390. The van der Waals surface area contributed by atoms with E-state index >= 15 is 0 Å². The third-order valence-corrected chi connectivity index (χ3v) is 3.52. The number of rotatable bonds is 3. The Kier molecular flexibility index (Phi) is 2.90. The maximum absolute atomic E-state index is 11.8. The van der Waals surface area contributed by atoms with Crippen molar-refractivity contribution in [1.29, 1.82) is 0 Å². The van der Waals surface area contributed by atoms with Crippen LogP contribution in [0.25, 0.3) is 0 Å². The normalized spacial score (nSPS) is 16.9. The van der Waals surface area contributed by atoms with E-state index in [0.29, 0.717) is 11.3 Å². The van der Waals surface area contributed by atoms with Gasteiger partial charge in [0.05, 0.1) is 12.1 Å². The summed E-state index contributed by atoms with van der Waals surface area (Å²) in [6, 6.07) is 5.05. The molecule has 1 aliphatic rings. The van der Waals surface area contributed by atoms with Crippen LogP contribution in [0.3, 0.4) is 0 Å². The quantitative estimate of drug-likeness (QED) is 0.732. The molecule has 86 valence electrons. The van der Waals surface area contributed by atoms with Gasteiger partial charge in [-0.15, -0.1) is 0 Å². The number of aliphatic hydroxyl groups excluding tert-OH is 1. The first kappa shape index (κ1) is 11.4. The van der Waals surface area contributed by atoms with Gasteiger partial charge in [-0.2, -0.15) is 0 Å². The molecule has 1 aromatic rings. The van der Waals surface area contributed by atoms with Gasteiger partial charge in [0, 0.05) is 15.7 Å². The molecule has 0 bridgehead atoms. The molecule has 1 aliphatic carbocycles. The van der Waals surface area contributed by atoms with Crippen LogP contribution in [0.4, 0.5) is 5.69 Å². The van der Waals surface area contributed by atoms with E-state index in [1.165, 1.54) is 0 Å². The number of nitrogens with two attached hydrogens (primary N) is 1. The molecular weight excluding hydrogens is 272 g/mol. The van der Waals surface area contributed by atoms with Gasteiger partial charge in [-0.05, 0) is 47.0 Å². The molecule has 1 fully saturated rings. The van der Waals surface area contributed by atoms with Gasteiger partial charge in [0.15, 0.2) is 0 Å². The second kappa shape index (κ2) is 4.07. The Morgan fingerprint density at radius 3 is 2.75 bits per heavy atom. The van der Waals surface area contributed by atoms with Gasteiger partial charge in [0.2, 0.25) is 0 Å². The fraction of sp³-hybridized carbons (Fsp3) is 0.364. The number of benzene rings is 1. The zero-order chi connectivity index (χ0) is 11.8. The summed E-state index contributed by atoms with van der Waals surface area (Å²) in [6.45, 7) is -0.00918. The molecule has 0 heterocycles. The Balaban J connectivity index is 2.12. The number of halogens is 1. The first-order valence-corrected chi connectivity index (χ1v) is 5.84. The van der Waals surface area contributed by atoms with Gasteiger partial charge in [0.1, 0.15) is 0 Å². The van der Waals surface area contributed by atoms with Crippen molar-refractivity contribution in [3.63, 3.8) is 0 Å². The highest BCUT2D eigenvalue weighted by Gasteiger charge is 2.43. The highest BCUT2D eigenvalue weighted by atomic mass is 79.9. The first-order chi connectivity index (χ1) is 7.56. The summed E-state index contributed by atoms with van der Waals surface area (Å²) in [5.74, 6) is -0.189. The van der Waals surface area contributed by atoms with Crippen LogP contribution in [0.2, 0.25) is 0 Å². The number of nitrogen functional groups attached to an aromatic ring is 1. The average molecular weight is 285 g/mol. The number of hydrogen-bond donors (Lipinski definition) is 3. The topological polar surface area (TPSA) is 75.4 Å². The molecule has 4 N–H and O–H groups in total. The summed E-state index contributed by atoms with van der Waals surface area (Å²) in [5.41, 5.74) is 6.35. The van der Waals surface area contributed by atoms with Crippen LogP contribution in [0.1, 0.15) is 23.2 Å². The van der Waals surface area contributed by atoms with Gasteiger partial charge in [-0.1, -0.05) is 0 Å². The molecule has 1 aromatic carbocycles. The molecule has 0 atom stereocenters. The van der Waals surface area contributed by atoms with E-state index in [-0.39, 0.29) is 18.1 Å². The Morgan fingerprint density at radius 1 is 1.56 bits per heavy atom. The van der Waals surface area contributed by atoms with Crippen LogP contribution >= 0.6 is 15.9 Å². The van der Waals surface area contributed by atoms with Crippen LogP contribution in [0.5, 0.6) is 0 Å². The molecule has 4 nitrogen and oxygen atoms in total. The van der Waals surface area contributed by atoms with E-state index in [0.717, 1.165) is 17.3 Å². The minimum absolute atomic E-state index is 0.00918. The highest BCUT2D eigenvalue weighted by Crippen LogP contribution is 2.35. The van der Waals surface area contributed by atoms with E-state index < -0.39 is 0 Å². The standard InChI is InChI=1S/C11H13BrN2O2/c12-8-2-1-7(5-9(8)13)10(16)14-11(6-15)3-4-11/h1-2,5,15H,3-4,6,13H2,(H,14,16). The number of carbonyl (C=O) groups excluding carboxylic acids is 1. The molecule has 0 unspecified atom stereocenters. The summed E-state index contributed by atoms with van der Waals surface area (Å²) < 4.78 is 0.771. The van der Waals surface area contributed by atoms with Crippen LogP contribution in [0.15, 0.2) is 22.7 Å². The molecule has 0 radical (unpaired) electrons. The van der Waals surface area contributed by atoms with Crippen LogP contribution < -0.4 is 11.1 Å². The lowest BCUT2D eigenvalue weighted by atomic mass is 10.1. The zero-order valence-electron chi connectivity index (χ0n) is 8.66. The predicted molar refractivity (Wildman–Crippen MR) is 65.1 cm³/mol. The van der Waals surface area contributed by atoms with Crippen LogP contribution in [0, 0.1) is 0 Å². The smallest absolute Gasteiger partial charge is 0.251 e. The first-order valence-electron chi connectivity index (χ1n) is 5.05. The summed E-state index contributed by atoms with van der Waals surface area (Å²) in [7, 11) is 0. The maximum atomic E-state index is 11.8. The van der Waals surface area contributed by atoms with Crippen molar-refractivity contribution in [2.75, 3.05) is 12.3 Å². The fourth-order valence-electron chi connectivity index (χ4n) is 1.47. The third kappa shape index (κ3) is 2.20. The number of anilines is 1. The molecule has 16 heavy (non-hydrogen) atoms. The molecule has 1 saturated carbocycles. The highest BCUT2D eigenvalue weighted by molar-refractivity contribution is 9.10. The lowest BCUT2D eigenvalue weighted by molar-refractivity contribution is 0.0907. The molecule has 0 saturated heterocycles. The van der Waals surface area contributed by atoms with E-state index in [2.05, 4.69) is 21.2 Å². The maximum Gasteiger partial charge on any atom is 0.251 e. The summed E-state index contributed by atoms with van der Waals surface area (Å²) in [5, 5.41) is 11.9. The lowest BCUT2D eigenvalue weighted by Crippen LogP contribution is -2.39. The Bertz CT molecular complexity index is 430. The van der Waals surface area contributed by atoms with Gasteiger partial charge >= 0.3 is 0 Å². The minimum Gasteiger partial charge on any atom is -0.398 e. The SMILES string of the molecule is Nc1cc(C(=O)NC2(CO)CC2)ccc1Br. The third-order valence-electron chi connectivity index (χ3n) is 2.79. The molecule has 5 heteroatoms.